The lowest BCUT2D eigenvalue weighted by Crippen LogP contribution is -2.37. The first-order chi connectivity index (χ1) is 8.62. The molecule has 0 radical (unpaired) electrons. The Morgan fingerprint density at radius 3 is 3.00 bits per heavy atom. The van der Waals surface area contributed by atoms with E-state index in [1.165, 1.54) is 12.1 Å². The zero-order chi connectivity index (χ0) is 13.0. The smallest absolute Gasteiger partial charge is 0.240 e. The topological polar surface area (TPSA) is 82.0 Å². The van der Waals surface area contributed by atoms with Crippen molar-refractivity contribution in [3.8, 4) is 6.07 Å². The molecule has 2 rings (SSSR count). The van der Waals surface area contributed by atoms with Crippen molar-refractivity contribution in [1.29, 1.82) is 5.26 Å². The lowest BCUT2D eigenvalue weighted by molar-refractivity contribution is 0.552. The van der Waals surface area contributed by atoms with Gasteiger partial charge in [-0.2, -0.15) is 5.26 Å². The fourth-order valence-corrected chi connectivity index (χ4v) is 3.08. The summed E-state index contributed by atoms with van der Waals surface area (Å²) in [4.78, 5) is 0.138. The average molecular weight is 265 g/mol. The normalized spacial score (nSPS) is 19.6. The van der Waals surface area contributed by atoms with E-state index in [0.717, 1.165) is 19.4 Å². The number of hydrogen-bond donors (Lipinski definition) is 2. The second kappa shape index (κ2) is 5.48. The molecular formula is C12H15N3O2S. The van der Waals surface area contributed by atoms with Gasteiger partial charge in [-0.25, -0.2) is 13.1 Å². The lowest BCUT2D eigenvalue weighted by Gasteiger charge is -2.12. The summed E-state index contributed by atoms with van der Waals surface area (Å²) in [5.41, 5.74) is 0.344. The van der Waals surface area contributed by atoms with E-state index < -0.39 is 10.0 Å². The van der Waals surface area contributed by atoms with Gasteiger partial charge in [0, 0.05) is 12.6 Å². The van der Waals surface area contributed by atoms with Crippen molar-refractivity contribution in [1.82, 2.24) is 10.0 Å². The molecule has 1 aromatic rings. The van der Waals surface area contributed by atoms with Gasteiger partial charge in [0.15, 0.2) is 0 Å². The monoisotopic (exact) mass is 265 g/mol. The number of sulfonamides is 1. The Labute approximate surface area is 107 Å². The van der Waals surface area contributed by atoms with Gasteiger partial charge in [-0.3, -0.25) is 0 Å². The molecule has 18 heavy (non-hydrogen) atoms. The minimum absolute atomic E-state index is 0.138. The zero-order valence-electron chi connectivity index (χ0n) is 9.89. The maximum Gasteiger partial charge on any atom is 0.240 e. The molecule has 0 bridgehead atoms. The van der Waals surface area contributed by atoms with Crippen LogP contribution < -0.4 is 10.0 Å². The molecule has 96 valence electrons. The first-order valence-electron chi connectivity index (χ1n) is 5.85. The Balaban J connectivity index is 2.07. The molecule has 1 unspecified atom stereocenters. The van der Waals surface area contributed by atoms with Crippen LogP contribution in [0.1, 0.15) is 18.4 Å². The highest BCUT2D eigenvalue weighted by atomic mass is 32.2. The molecule has 6 heteroatoms. The SMILES string of the molecule is N#Cc1cccc(S(=O)(=O)NCC2CCCN2)c1. The Bertz CT molecular complexity index is 557. The summed E-state index contributed by atoms with van der Waals surface area (Å²) >= 11 is 0. The maximum atomic E-state index is 12.0. The third kappa shape index (κ3) is 3.07. The van der Waals surface area contributed by atoms with E-state index in [1.807, 2.05) is 6.07 Å². The van der Waals surface area contributed by atoms with Gasteiger partial charge in [-0.1, -0.05) is 6.07 Å². The van der Waals surface area contributed by atoms with Gasteiger partial charge in [-0.15, -0.1) is 0 Å². The Morgan fingerprint density at radius 1 is 1.50 bits per heavy atom. The fourth-order valence-electron chi connectivity index (χ4n) is 1.96. The van der Waals surface area contributed by atoms with E-state index in [-0.39, 0.29) is 10.9 Å². The molecule has 2 N–H and O–H groups in total. The molecule has 0 saturated carbocycles. The second-order valence-corrected chi connectivity index (χ2v) is 6.05. The third-order valence-electron chi connectivity index (χ3n) is 2.96. The Hall–Kier alpha value is -1.42. The molecule has 1 saturated heterocycles. The van der Waals surface area contributed by atoms with E-state index >= 15 is 0 Å². The summed E-state index contributed by atoms with van der Waals surface area (Å²) in [7, 11) is -3.52. The summed E-state index contributed by atoms with van der Waals surface area (Å²) in [5.74, 6) is 0. The lowest BCUT2D eigenvalue weighted by atomic mass is 10.2. The van der Waals surface area contributed by atoms with Gasteiger partial charge in [0.25, 0.3) is 0 Å². The van der Waals surface area contributed by atoms with Gasteiger partial charge in [0.05, 0.1) is 16.5 Å². The molecule has 0 amide bonds. The van der Waals surface area contributed by atoms with E-state index in [9.17, 15) is 8.42 Å². The third-order valence-corrected chi connectivity index (χ3v) is 4.38. The number of nitrogens with one attached hydrogen (secondary N) is 2. The van der Waals surface area contributed by atoms with Crippen LogP contribution in [0.5, 0.6) is 0 Å². The predicted molar refractivity (Wildman–Crippen MR) is 67.4 cm³/mol. The van der Waals surface area contributed by atoms with E-state index in [2.05, 4.69) is 10.0 Å². The summed E-state index contributed by atoms with van der Waals surface area (Å²) in [5, 5.41) is 12.0. The highest BCUT2D eigenvalue weighted by Gasteiger charge is 2.19. The molecule has 0 aliphatic carbocycles. The van der Waals surface area contributed by atoms with Crippen LogP contribution in [0.3, 0.4) is 0 Å². The van der Waals surface area contributed by atoms with Crippen LogP contribution >= 0.6 is 0 Å². The number of nitriles is 1. The van der Waals surface area contributed by atoms with Crippen LogP contribution in [0, 0.1) is 11.3 Å². The van der Waals surface area contributed by atoms with Crippen LogP contribution in [0.25, 0.3) is 0 Å². The summed E-state index contributed by atoms with van der Waals surface area (Å²) in [6.07, 6.45) is 2.07. The molecule has 1 aliphatic heterocycles. The van der Waals surface area contributed by atoms with Gasteiger partial charge < -0.3 is 5.32 Å². The molecule has 0 spiro atoms. The van der Waals surface area contributed by atoms with Crippen molar-refractivity contribution >= 4 is 10.0 Å². The van der Waals surface area contributed by atoms with Crippen molar-refractivity contribution in [2.75, 3.05) is 13.1 Å². The molecular weight excluding hydrogens is 250 g/mol. The average Bonchev–Trinajstić information content (AvgIpc) is 2.90. The quantitative estimate of drug-likeness (QED) is 0.834. The summed E-state index contributed by atoms with van der Waals surface area (Å²) in [6, 6.07) is 8.16. The molecule has 1 aliphatic rings. The van der Waals surface area contributed by atoms with E-state index in [1.54, 1.807) is 12.1 Å². The number of rotatable bonds is 4. The summed E-state index contributed by atoms with van der Waals surface area (Å²) < 4.78 is 26.6. The molecule has 1 aromatic carbocycles. The fraction of sp³-hybridized carbons (Fsp3) is 0.417. The molecule has 0 aromatic heterocycles. The van der Waals surface area contributed by atoms with Crippen LogP contribution in [0.2, 0.25) is 0 Å². The molecule has 1 fully saturated rings. The minimum Gasteiger partial charge on any atom is -0.313 e. The Morgan fingerprint density at radius 2 is 2.33 bits per heavy atom. The van der Waals surface area contributed by atoms with Crippen molar-refractivity contribution in [2.24, 2.45) is 0 Å². The van der Waals surface area contributed by atoms with E-state index in [4.69, 9.17) is 5.26 Å². The number of hydrogen-bond acceptors (Lipinski definition) is 4. The van der Waals surface area contributed by atoms with Crippen LogP contribution in [0.4, 0.5) is 0 Å². The zero-order valence-corrected chi connectivity index (χ0v) is 10.7. The number of benzene rings is 1. The molecule has 1 heterocycles. The van der Waals surface area contributed by atoms with Gasteiger partial charge in [0.1, 0.15) is 0 Å². The Kier molecular flexibility index (Phi) is 3.97. The molecule has 1 atom stereocenters. The standard InChI is InChI=1S/C12H15N3O2S/c13-8-10-3-1-5-12(7-10)18(16,17)15-9-11-4-2-6-14-11/h1,3,5,7,11,14-15H,2,4,6,9H2. The van der Waals surface area contributed by atoms with Gasteiger partial charge in [-0.05, 0) is 37.6 Å². The van der Waals surface area contributed by atoms with Crippen molar-refractivity contribution in [3.63, 3.8) is 0 Å². The highest BCUT2D eigenvalue weighted by Crippen LogP contribution is 2.11. The molecule has 5 nitrogen and oxygen atoms in total. The maximum absolute atomic E-state index is 12.0. The van der Waals surface area contributed by atoms with E-state index in [0.29, 0.717) is 12.1 Å². The largest absolute Gasteiger partial charge is 0.313 e. The van der Waals surface area contributed by atoms with Crippen molar-refractivity contribution in [2.45, 2.75) is 23.8 Å². The first kappa shape index (κ1) is 13.0. The second-order valence-electron chi connectivity index (χ2n) is 4.28. The van der Waals surface area contributed by atoms with Crippen molar-refractivity contribution in [3.05, 3.63) is 29.8 Å². The van der Waals surface area contributed by atoms with Crippen LogP contribution in [-0.2, 0) is 10.0 Å². The van der Waals surface area contributed by atoms with Crippen LogP contribution in [-0.4, -0.2) is 27.5 Å². The first-order valence-corrected chi connectivity index (χ1v) is 7.33. The van der Waals surface area contributed by atoms with Crippen molar-refractivity contribution < 1.29 is 8.42 Å². The highest BCUT2D eigenvalue weighted by molar-refractivity contribution is 7.89. The van der Waals surface area contributed by atoms with Gasteiger partial charge in [0.2, 0.25) is 10.0 Å². The van der Waals surface area contributed by atoms with Gasteiger partial charge >= 0.3 is 0 Å². The summed E-state index contributed by atoms with van der Waals surface area (Å²) in [6.45, 7) is 1.33. The minimum atomic E-state index is -3.52. The van der Waals surface area contributed by atoms with Crippen LogP contribution in [0.15, 0.2) is 29.2 Å². The number of nitrogens with zero attached hydrogens (tertiary/aromatic N) is 1. The predicted octanol–water partition coefficient (Wildman–Crippen LogP) is 0.589.